The quantitative estimate of drug-likeness (QED) is 0.401. The number of anilines is 4. The van der Waals surface area contributed by atoms with Crippen molar-refractivity contribution in [1.82, 2.24) is 0 Å². The number of para-hydroxylation sites is 1. The van der Waals surface area contributed by atoms with Crippen LogP contribution in [0.4, 0.5) is 22.7 Å². The molecule has 7 heteroatoms. The molecule has 0 aliphatic carbocycles. The van der Waals surface area contributed by atoms with E-state index < -0.39 is 5.91 Å². The number of hydrogen-bond acceptors (Lipinski definition) is 4. The van der Waals surface area contributed by atoms with Crippen molar-refractivity contribution >= 4 is 51.2 Å². The lowest BCUT2D eigenvalue weighted by molar-refractivity contribution is -0.124. The van der Waals surface area contributed by atoms with Crippen molar-refractivity contribution in [2.45, 2.75) is 6.42 Å². The van der Waals surface area contributed by atoms with Gasteiger partial charge in [0.15, 0.2) is 0 Å². The number of carbonyl (C=O) groups excluding carboxylic acids is 3. The Kier molecular flexibility index (Phi) is 4.99. The second-order valence-electron chi connectivity index (χ2n) is 7.65. The zero-order valence-corrected chi connectivity index (χ0v) is 17.4. The van der Waals surface area contributed by atoms with E-state index in [-0.39, 0.29) is 29.5 Å². The van der Waals surface area contributed by atoms with Crippen LogP contribution in [0.2, 0.25) is 0 Å². The van der Waals surface area contributed by atoms with Gasteiger partial charge in [0.2, 0.25) is 11.8 Å². The van der Waals surface area contributed by atoms with Gasteiger partial charge in [-0.15, -0.1) is 0 Å². The van der Waals surface area contributed by atoms with E-state index in [0.717, 1.165) is 10.8 Å². The number of amides is 3. The van der Waals surface area contributed by atoms with Crippen LogP contribution in [0.5, 0.6) is 5.75 Å². The van der Waals surface area contributed by atoms with Crippen LogP contribution < -0.4 is 15.5 Å². The summed E-state index contributed by atoms with van der Waals surface area (Å²) in [6.07, 6.45) is -0.283. The molecule has 0 saturated carbocycles. The number of carbonyl (C=O) groups is 3. The molecule has 3 amide bonds. The van der Waals surface area contributed by atoms with Crippen LogP contribution in [-0.4, -0.2) is 22.8 Å². The SMILES string of the molecule is O=C1CC(=O)N(c2ccc(NC(=O)c3ccccc3O)cc2)c2ccc3ccccc3c2N1. The van der Waals surface area contributed by atoms with Crippen molar-refractivity contribution in [2.24, 2.45) is 0 Å². The number of fused-ring (bicyclic) bond motifs is 3. The van der Waals surface area contributed by atoms with Crippen LogP contribution in [0.3, 0.4) is 0 Å². The zero-order chi connectivity index (χ0) is 22.9. The smallest absolute Gasteiger partial charge is 0.259 e. The van der Waals surface area contributed by atoms with Crippen molar-refractivity contribution in [1.29, 1.82) is 0 Å². The van der Waals surface area contributed by atoms with Crippen molar-refractivity contribution in [2.75, 3.05) is 15.5 Å². The maximum Gasteiger partial charge on any atom is 0.259 e. The van der Waals surface area contributed by atoms with Crippen molar-refractivity contribution in [3.63, 3.8) is 0 Å². The summed E-state index contributed by atoms with van der Waals surface area (Å²) >= 11 is 0. The first-order valence-corrected chi connectivity index (χ1v) is 10.4. The minimum Gasteiger partial charge on any atom is -0.507 e. The van der Waals surface area contributed by atoms with Gasteiger partial charge in [0, 0.05) is 16.8 Å². The van der Waals surface area contributed by atoms with E-state index in [1.54, 1.807) is 36.4 Å². The van der Waals surface area contributed by atoms with Gasteiger partial charge in [-0.05, 0) is 47.9 Å². The highest BCUT2D eigenvalue weighted by atomic mass is 16.3. The van der Waals surface area contributed by atoms with Crippen molar-refractivity contribution in [3.05, 3.63) is 90.5 Å². The minimum absolute atomic E-state index is 0.109. The van der Waals surface area contributed by atoms with Crippen LogP contribution in [0.25, 0.3) is 10.8 Å². The average Bonchev–Trinajstić information content (AvgIpc) is 2.94. The van der Waals surface area contributed by atoms with Crippen LogP contribution in [0.15, 0.2) is 84.9 Å². The zero-order valence-electron chi connectivity index (χ0n) is 17.4. The second kappa shape index (κ2) is 8.12. The molecule has 0 atom stereocenters. The summed E-state index contributed by atoms with van der Waals surface area (Å²) in [7, 11) is 0. The molecule has 0 bridgehead atoms. The third kappa shape index (κ3) is 3.76. The number of rotatable bonds is 3. The van der Waals surface area contributed by atoms with Gasteiger partial charge in [-0.3, -0.25) is 19.3 Å². The Bertz CT molecular complexity index is 1410. The summed E-state index contributed by atoms with van der Waals surface area (Å²) in [5.41, 5.74) is 2.39. The second-order valence-corrected chi connectivity index (χ2v) is 7.65. The first kappa shape index (κ1) is 20.3. The molecule has 0 fully saturated rings. The molecule has 5 rings (SSSR count). The standard InChI is InChI=1S/C26H19N3O4/c30-22-8-4-3-7-20(22)26(33)27-17-10-12-18(13-11-17)29-21-14-9-16-5-1-2-6-19(16)25(21)28-23(31)15-24(29)32/h1-14,30H,15H2,(H,27,33)(H,28,31). The highest BCUT2D eigenvalue weighted by molar-refractivity contribution is 6.21. The molecule has 33 heavy (non-hydrogen) atoms. The largest absolute Gasteiger partial charge is 0.507 e. The monoisotopic (exact) mass is 437 g/mol. The summed E-state index contributed by atoms with van der Waals surface area (Å²) < 4.78 is 0. The molecule has 4 aromatic rings. The first-order chi connectivity index (χ1) is 16.0. The van der Waals surface area contributed by atoms with Gasteiger partial charge < -0.3 is 15.7 Å². The molecule has 0 saturated heterocycles. The van der Waals surface area contributed by atoms with Crippen molar-refractivity contribution in [3.8, 4) is 5.75 Å². The number of aromatic hydroxyl groups is 1. The lowest BCUT2D eigenvalue weighted by atomic mass is 10.1. The third-order valence-electron chi connectivity index (χ3n) is 5.51. The van der Waals surface area contributed by atoms with Gasteiger partial charge in [0.1, 0.15) is 12.2 Å². The molecule has 0 unspecified atom stereocenters. The summed E-state index contributed by atoms with van der Waals surface area (Å²) in [4.78, 5) is 39.3. The molecular weight excluding hydrogens is 418 g/mol. The number of benzene rings is 4. The summed E-state index contributed by atoms with van der Waals surface area (Å²) in [6, 6.07) is 24.4. The Morgan fingerprint density at radius 1 is 0.879 bits per heavy atom. The lowest BCUT2D eigenvalue weighted by Gasteiger charge is -2.23. The van der Waals surface area contributed by atoms with E-state index in [2.05, 4.69) is 10.6 Å². The maximum absolute atomic E-state index is 13.0. The topological polar surface area (TPSA) is 98.7 Å². The average molecular weight is 437 g/mol. The third-order valence-corrected chi connectivity index (χ3v) is 5.51. The molecule has 4 aromatic carbocycles. The van der Waals surface area contributed by atoms with Crippen LogP contribution in [0.1, 0.15) is 16.8 Å². The fourth-order valence-corrected chi connectivity index (χ4v) is 3.95. The van der Waals surface area contributed by atoms with Crippen LogP contribution >= 0.6 is 0 Å². The molecule has 0 aromatic heterocycles. The molecule has 7 nitrogen and oxygen atoms in total. The Morgan fingerprint density at radius 2 is 1.61 bits per heavy atom. The predicted molar refractivity (Wildman–Crippen MR) is 127 cm³/mol. The number of nitrogens with one attached hydrogen (secondary N) is 2. The van der Waals surface area contributed by atoms with Gasteiger partial charge >= 0.3 is 0 Å². The van der Waals surface area contributed by atoms with Crippen LogP contribution in [0, 0.1) is 0 Å². The first-order valence-electron chi connectivity index (χ1n) is 10.4. The molecule has 0 spiro atoms. The summed E-state index contributed by atoms with van der Waals surface area (Å²) in [5, 5.41) is 17.3. The highest BCUT2D eigenvalue weighted by Crippen LogP contribution is 2.40. The van der Waals surface area contributed by atoms with Gasteiger partial charge in [-0.25, -0.2) is 0 Å². The highest BCUT2D eigenvalue weighted by Gasteiger charge is 2.28. The molecular formula is C26H19N3O4. The molecule has 0 radical (unpaired) electrons. The summed E-state index contributed by atoms with van der Waals surface area (Å²) in [5.74, 6) is -1.28. The Hall–Kier alpha value is -4.65. The Balaban J connectivity index is 1.50. The number of nitrogens with zero attached hydrogens (tertiary/aromatic N) is 1. The van der Waals surface area contributed by atoms with E-state index in [1.807, 2.05) is 36.4 Å². The predicted octanol–water partition coefficient (Wildman–Crippen LogP) is 4.80. The van der Waals surface area contributed by atoms with Crippen LogP contribution in [-0.2, 0) is 9.59 Å². The van der Waals surface area contributed by atoms with Gasteiger partial charge in [0.05, 0.1) is 16.9 Å². The number of phenols is 1. The van der Waals surface area contributed by atoms with Crippen molar-refractivity contribution < 1.29 is 19.5 Å². The van der Waals surface area contributed by atoms with E-state index in [0.29, 0.717) is 22.7 Å². The summed E-state index contributed by atoms with van der Waals surface area (Å²) in [6.45, 7) is 0. The Morgan fingerprint density at radius 3 is 2.39 bits per heavy atom. The fourth-order valence-electron chi connectivity index (χ4n) is 3.95. The Labute approximate surface area is 189 Å². The molecule has 1 aliphatic rings. The van der Waals surface area contributed by atoms with Gasteiger partial charge in [0.25, 0.3) is 5.91 Å². The molecule has 162 valence electrons. The van der Waals surface area contributed by atoms with E-state index in [4.69, 9.17) is 0 Å². The molecule has 3 N–H and O–H groups in total. The molecule has 1 heterocycles. The molecule has 1 aliphatic heterocycles. The van der Waals surface area contributed by atoms with E-state index in [1.165, 1.54) is 17.0 Å². The van der Waals surface area contributed by atoms with E-state index in [9.17, 15) is 19.5 Å². The minimum atomic E-state index is -0.446. The number of phenolic OH excluding ortho intramolecular Hbond substituents is 1. The van der Waals surface area contributed by atoms with E-state index >= 15 is 0 Å². The number of hydrogen-bond donors (Lipinski definition) is 3. The van der Waals surface area contributed by atoms with Gasteiger partial charge in [-0.2, -0.15) is 0 Å². The normalized spacial score (nSPS) is 13.3. The fraction of sp³-hybridized carbons (Fsp3) is 0.0385. The van der Waals surface area contributed by atoms with Gasteiger partial charge in [-0.1, -0.05) is 42.5 Å². The maximum atomic E-state index is 13.0. The lowest BCUT2D eigenvalue weighted by Crippen LogP contribution is -2.26.